The molecule has 76 valence electrons. The molecular weight excluding hydrogens is 186 g/mol. The van der Waals surface area contributed by atoms with Gasteiger partial charge in [-0.05, 0) is 28.8 Å². The van der Waals surface area contributed by atoms with Gasteiger partial charge in [0, 0.05) is 12.7 Å². The number of nitrogens with two attached hydrogens (primary N) is 2. The Morgan fingerprint density at radius 3 is 2.33 bits per heavy atom. The lowest BCUT2D eigenvalue weighted by atomic mass is 10.1. The number of hydrogen-bond acceptors (Lipinski definition) is 3. The first-order chi connectivity index (χ1) is 7.29. The monoisotopic (exact) mass is 199 g/mol. The van der Waals surface area contributed by atoms with Crippen molar-refractivity contribution in [2.75, 3.05) is 5.73 Å². The van der Waals surface area contributed by atoms with Crippen LogP contribution in [0.15, 0.2) is 42.6 Å². The van der Waals surface area contributed by atoms with Crippen LogP contribution in [0.25, 0.3) is 11.1 Å². The maximum Gasteiger partial charge on any atom is 0.123 e. The lowest BCUT2D eigenvalue weighted by Gasteiger charge is -2.03. The largest absolute Gasteiger partial charge is 0.384 e. The van der Waals surface area contributed by atoms with Gasteiger partial charge in [0.15, 0.2) is 0 Å². The highest BCUT2D eigenvalue weighted by Crippen LogP contribution is 2.20. The van der Waals surface area contributed by atoms with E-state index in [1.165, 1.54) is 0 Å². The third kappa shape index (κ3) is 2.14. The zero-order chi connectivity index (χ0) is 10.7. The smallest absolute Gasteiger partial charge is 0.123 e. The summed E-state index contributed by atoms with van der Waals surface area (Å²) in [4.78, 5) is 3.96. The molecule has 0 aliphatic rings. The molecule has 0 unspecified atom stereocenters. The molecule has 2 rings (SSSR count). The van der Waals surface area contributed by atoms with Gasteiger partial charge in [-0.2, -0.15) is 0 Å². The zero-order valence-electron chi connectivity index (χ0n) is 8.35. The van der Waals surface area contributed by atoms with Crippen LogP contribution in [0.2, 0.25) is 0 Å². The van der Waals surface area contributed by atoms with Crippen molar-refractivity contribution in [1.29, 1.82) is 0 Å². The fraction of sp³-hybridized carbons (Fsp3) is 0.0833. The van der Waals surface area contributed by atoms with Gasteiger partial charge in [-0.15, -0.1) is 0 Å². The van der Waals surface area contributed by atoms with Crippen LogP contribution in [0.3, 0.4) is 0 Å². The number of pyridine rings is 1. The van der Waals surface area contributed by atoms with E-state index in [0.29, 0.717) is 12.4 Å². The normalized spacial score (nSPS) is 10.2. The van der Waals surface area contributed by atoms with Crippen LogP contribution in [0, 0.1) is 0 Å². The maximum atomic E-state index is 5.62. The van der Waals surface area contributed by atoms with Crippen molar-refractivity contribution in [2.24, 2.45) is 5.73 Å². The average Bonchev–Trinajstić information content (AvgIpc) is 2.29. The molecule has 3 heteroatoms. The van der Waals surface area contributed by atoms with E-state index in [-0.39, 0.29) is 0 Å². The predicted molar refractivity (Wildman–Crippen MR) is 62.0 cm³/mol. The van der Waals surface area contributed by atoms with Crippen LogP contribution in [0.1, 0.15) is 5.56 Å². The number of nitrogen functional groups attached to an aromatic ring is 1. The molecule has 3 nitrogen and oxygen atoms in total. The summed E-state index contributed by atoms with van der Waals surface area (Å²) in [6, 6.07) is 11.9. The summed E-state index contributed by atoms with van der Waals surface area (Å²) >= 11 is 0. The van der Waals surface area contributed by atoms with Crippen LogP contribution >= 0.6 is 0 Å². The quantitative estimate of drug-likeness (QED) is 0.775. The van der Waals surface area contributed by atoms with E-state index < -0.39 is 0 Å². The fourth-order valence-electron chi connectivity index (χ4n) is 1.46. The number of rotatable bonds is 2. The minimum Gasteiger partial charge on any atom is -0.384 e. The first-order valence-corrected chi connectivity index (χ1v) is 4.80. The number of benzene rings is 1. The standard InChI is InChI=1S/C12H13N3/c13-8-9-1-3-10(4-2-9)11-5-6-15-12(14)7-11/h1-7H,8,13H2,(H2,14,15). The number of hydrogen-bond donors (Lipinski definition) is 2. The first kappa shape index (κ1) is 9.68. The number of nitrogens with zero attached hydrogens (tertiary/aromatic N) is 1. The molecule has 0 amide bonds. The van der Waals surface area contributed by atoms with Crippen LogP contribution in [-0.2, 0) is 6.54 Å². The van der Waals surface area contributed by atoms with Gasteiger partial charge in [-0.3, -0.25) is 0 Å². The number of aromatic nitrogens is 1. The predicted octanol–water partition coefficient (Wildman–Crippen LogP) is 1.79. The molecule has 1 aromatic carbocycles. The molecule has 1 heterocycles. The highest BCUT2D eigenvalue weighted by Gasteiger charge is 1.98. The molecule has 0 atom stereocenters. The maximum absolute atomic E-state index is 5.62. The second-order valence-electron chi connectivity index (χ2n) is 3.37. The zero-order valence-corrected chi connectivity index (χ0v) is 8.35. The molecule has 0 aliphatic heterocycles. The fourth-order valence-corrected chi connectivity index (χ4v) is 1.46. The Labute approximate surface area is 88.8 Å². The van der Waals surface area contributed by atoms with Gasteiger partial charge in [-0.25, -0.2) is 4.98 Å². The summed E-state index contributed by atoms with van der Waals surface area (Å²) in [5.41, 5.74) is 14.5. The van der Waals surface area contributed by atoms with E-state index in [1.54, 1.807) is 6.20 Å². The number of anilines is 1. The Balaban J connectivity index is 2.37. The topological polar surface area (TPSA) is 64.9 Å². The Hall–Kier alpha value is -1.87. The Morgan fingerprint density at radius 1 is 1.00 bits per heavy atom. The first-order valence-electron chi connectivity index (χ1n) is 4.80. The van der Waals surface area contributed by atoms with Gasteiger partial charge in [0.1, 0.15) is 5.82 Å². The molecular formula is C12H13N3. The van der Waals surface area contributed by atoms with Gasteiger partial charge >= 0.3 is 0 Å². The molecule has 2 aromatic rings. The lowest BCUT2D eigenvalue weighted by molar-refractivity contribution is 1.07. The van der Waals surface area contributed by atoms with Crippen molar-refractivity contribution in [1.82, 2.24) is 4.98 Å². The Kier molecular flexibility index (Phi) is 2.65. The molecule has 0 saturated carbocycles. The molecule has 15 heavy (non-hydrogen) atoms. The van der Waals surface area contributed by atoms with Crippen molar-refractivity contribution in [3.63, 3.8) is 0 Å². The lowest BCUT2D eigenvalue weighted by Crippen LogP contribution is -1.95. The highest BCUT2D eigenvalue weighted by atomic mass is 14.8. The van der Waals surface area contributed by atoms with E-state index in [1.807, 2.05) is 36.4 Å². The Morgan fingerprint density at radius 2 is 1.73 bits per heavy atom. The second-order valence-corrected chi connectivity index (χ2v) is 3.37. The third-order valence-electron chi connectivity index (χ3n) is 2.30. The van der Waals surface area contributed by atoms with Gasteiger partial charge < -0.3 is 11.5 Å². The van der Waals surface area contributed by atoms with Gasteiger partial charge in [0.2, 0.25) is 0 Å². The van der Waals surface area contributed by atoms with E-state index in [0.717, 1.165) is 16.7 Å². The molecule has 0 aliphatic carbocycles. The van der Waals surface area contributed by atoms with Gasteiger partial charge in [0.05, 0.1) is 0 Å². The van der Waals surface area contributed by atoms with Crippen molar-refractivity contribution < 1.29 is 0 Å². The second kappa shape index (κ2) is 4.11. The molecule has 1 aromatic heterocycles. The van der Waals surface area contributed by atoms with Crippen molar-refractivity contribution in [3.05, 3.63) is 48.2 Å². The van der Waals surface area contributed by atoms with E-state index in [9.17, 15) is 0 Å². The van der Waals surface area contributed by atoms with Gasteiger partial charge in [-0.1, -0.05) is 24.3 Å². The van der Waals surface area contributed by atoms with E-state index in [4.69, 9.17) is 11.5 Å². The summed E-state index contributed by atoms with van der Waals surface area (Å²) in [6.45, 7) is 0.568. The molecule has 0 bridgehead atoms. The minimum atomic E-state index is 0.537. The highest BCUT2D eigenvalue weighted by molar-refractivity contribution is 5.65. The van der Waals surface area contributed by atoms with Crippen LogP contribution < -0.4 is 11.5 Å². The van der Waals surface area contributed by atoms with Crippen molar-refractivity contribution in [3.8, 4) is 11.1 Å². The van der Waals surface area contributed by atoms with Crippen LogP contribution in [0.5, 0.6) is 0 Å². The van der Waals surface area contributed by atoms with Crippen molar-refractivity contribution in [2.45, 2.75) is 6.54 Å². The summed E-state index contributed by atoms with van der Waals surface area (Å²) in [5, 5.41) is 0. The molecule has 4 N–H and O–H groups in total. The molecule has 0 saturated heterocycles. The van der Waals surface area contributed by atoms with Crippen molar-refractivity contribution >= 4 is 5.82 Å². The van der Waals surface area contributed by atoms with E-state index >= 15 is 0 Å². The summed E-state index contributed by atoms with van der Waals surface area (Å²) in [5.74, 6) is 0.537. The molecule has 0 spiro atoms. The van der Waals surface area contributed by atoms with Crippen LogP contribution in [-0.4, -0.2) is 4.98 Å². The summed E-state index contributed by atoms with van der Waals surface area (Å²) in [7, 11) is 0. The van der Waals surface area contributed by atoms with Gasteiger partial charge in [0.25, 0.3) is 0 Å². The molecule has 0 fully saturated rings. The average molecular weight is 199 g/mol. The molecule has 0 radical (unpaired) electrons. The Bertz CT molecular complexity index is 449. The SMILES string of the molecule is NCc1ccc(-c2ccnc(N)c2)cc1. The minimum absolute atomic E-state index is 0.537. The third-order valence-corrected chi connectivity index (χ3v) is 2.30. The van der Waals surface area contributed by atoms with Crippen LogP contribution in [0.4, 0.5) is 5.82 Å². The van der Waals surface area contributed by atoms with E-state index in [2.05, 4.69) is 4.98 Å². The summed E-state index contributed by atoms with van der Waals surface area (Å²) in [6.07, 6.45) is 1.71. The summed E-state index contributed by atoms with van der Waals surface area (Å²) < 4.78 is 0.